The van der Waals surface area contributed by atoms with E-state index >= 15 is 0 Å². The van der Waals surface area contributed by atoms with Crippen molar-refractivity contribution in [2.45, 2.75) is 19.3 Å². The summed E-state index contributed by atoms with van der Waals surface area (Å²) in [5.41, 5.74) is 1.28. The van der Waals surface area contributed by atoms with Crippen molar-refractivity contribution >= 4 is 12.4 Å². The molecule has 0 aliphatic carbocycles. The smallest absolute Gasteiger partial charge is 0.123 e. The molecule has 4 heteroatoms. The Morgan fingerprint density at radius 1 is 1.24 bits per heavy atom. The number of fused-ring (bicyclic) bond motifs is 1. The van der Waals surface area contributed by atoms with Crippen LogP contribution in [0.3, 0.4) is 0 Å². The van der Waals surface area contributed by atoms with Crippen LogP contribution < -0.4 is 10.1 Å². The van der Waals surface area contributed by atoms with Gasteiger partial charge in [0.25, 0.3) is 0 Å². The SMILES string of the molecule is Cl.Fc1ccc2c(c1)CC1(CCNCC1)CO2. The fourth-order valence-electron chi connectivity index (χ4n) is 2.79. The van der Waals surface area contributed by atoms with Gasteiger partial charge in [-0.2, -0.15) is 0 Å². The number of nitrogens with one attached hydrogen (secondary N) is 1. The van der Waals surface area contributed by atoms with Crippen LogP contribution in [0.4, 0.5) is 4.39 Å². The molecule has 0 saturated carbocycles. The molecule has 0 bridgehead atoms. The van der Waals surface area contributed by atoms with Crippen molar-refractivity contribution in [1.29, 1.82) is 0 Å². The van der Waals surface area contributed by atoms with Gasteiger partial charge in [0.1, 0.15) is 11.6 Å². The summed E-state index contributed by atoms with van der Waals surface area (Å²) in [6.45, 7) is 2.88. The lowest BCUT2D eigenvalue weighted by molar-refractivity contribution is 0.0848. The zero-order valence-electron chi connectivity index (χ0n) is 9.67. The van der Waals surface area contributed by atoms with E-state index in [4.69, 9.17) is 4.74 Å². The molecule has 0 aromatic heterocycles. The topological polar surface area (TPSA) is 21.3 Å². The van der Waals surface area contributed by atoms with Crippen LogP contribution in [0.1, 0.15) is 18.4 Å². The third-order valence-electron chi connectivity index (χ3n) is 3.79. The van der Waals surface area contributed by atoms with Gasteiger partial charge in [-0.25, -0.2) is 4.39 Å². The summed E-state index contributed by atoms with van der Waals surface area (Å²) in [6, 6.07) is 4.84. The second-order valence-electron chi connectivity index (χ2n) is 4.97. The lowest BCUT2D eigenvalue weighted by Crippen LogP contribution is -2.43. The highest BCUT2D eigenvalue weighted by atomic mass is 35.5. The van der Waals surface area contributed by atoms with Gasteiger partial charge in [-0.1, -0.05) is 0 Å². The van der Waals surface area contributed by atoms with Crippen molar-refractivity contribution in [3.8, 4) is 5.75 Å². The van der Waals surface area contributed by atoms with Crippen molar-refractivity contribution in [3.05, 3.63) is 29.6 Å². The number of hydrogen-bond donors (Lipinski definition) is 1. The molecule has 0 amide bonds. The fourth-order valence-corrected chi connectivity index (χ4v) is 2.79. The average molecular weight is 258 g/mol. The predicted octanol–water partition coefficient (Wildman–Crippen LogP) is 2.55. The number of rotatable bonds is 0. The molecule has 0 unspecified atom stereocenters. The molecule has 94 valence electrons. The van der Waals surface area contributed by atoms with Gasteiger partial charge in [0.05, 0.1) is 6.61 Å². The second-order valence-corrected chi connectivity index (χ2v) is 4.97. The quantitative estimate of drug-likeness (QED) is 0.771. The van der Waals surface area contributed by atoms with Gasteiger partial charge < -0.3 is 10.1 Å². The molecule has 0 atom stereocenters. The zero-order chi connectivity index (χ0) is 11.0. The lowest BCUT2D eigenvalue weighted by atomic mass is 9.73. The minimum atomic E-state index is -0.159. The van der Waals surface area contributed by atoms with Gasteiger partial charge in [-0.3, -0.25) is 0 Å². The Hall–Kier alpha value is -0.800. The lowest BCUT2D eigenvalue weighted by Gasteiger charge is -2.41. The van der Waals surface area contributed by atoms with E-state index in [2.05, 4.69) is 5.32 Å². The molecule has 0 radical (unpaired) electrons. The van der Waals surface area contributed by atoms with E-state index in [0.29, 0.717) is 0 Å². The minimum absolute atomic E-state index is 0. The highest BCUT2D eigenvalue weighted by molar-refractivity contribution is 5.85. The molecule has 1 spiro atoms. The van der Waals surface area contributed by atoms with Gasteiger partial charge in [-0.15, -0.1) is 12.4 Å². The van der Waals surface area contributed by atoms with E-state index < -0.39 is 0 Å². The van der Waals surface area contributed by atoms with E-state index in [9.17, 15) is 4.39 Å². The monoisotopic (exact) mass is 257 g/mol. The van der Waals surface area contributed by atoms with Gasteiger partial charge in [0, 0.05) is 5.41 Å². The minimum Gasteiger partial charge on any atom is -0.493 e. The number of ether oxygens (including phenoxy) is 1. The Morgan fingerprint density at radius 2 is 2.00 bits per heavy atom. The highest BCUT2D eigenvalue weighted by Crippen LogP contribution is 2.40. The summed E-state index contributed by atoms with van der Waals surface area (Å²) in [4.78, 5) is 0. The van der Waals surface area contributed by atoms with Crippen molar-refractivity contribution in [3.63, 3.8) is 0 Å². The summed E-state index contributed by atoms with van der Waals surface area (Å²) in [7, 11) is 0. The van der Waals surface area contributed by atoms with Crippen LogP contribution in [0.5, 0.6) is 5.75 Å². The van der Waals surface area contributed by atoms with Crippen molar-refractivity contribution in [1.82, 2.24) is 5.32 Å². The van der Waals surface area contributed by atoms with Gasteiger partial charge >= 0.3 is 0 Å². The van der Waals surface area contributed by atoms with Gasteiger partial charge in [0.15, 0.2) is 0 Å². The zero-order valence-corrected chi connectivity index (χ0v) is 10.5. The van der Waals surface area contributed by atoms with Crippen LogP contribution in [0, 0.1) is 11.2 Å². The number of piperidine rings is 1. The van der Waals surface area contributed by atoms with E-state index in [-0.39, 0.29) is 23.6 Å². The molecular formula is C13H17ClFNO. The van der Waals surface area contributed by atoms with Crippen molar-refractivity contribution < 1.29 is 9.13 Å². The van der Waals surface area contributed by atoms with Gasteiger partial charge in [-0.05, 0) is 56.1 Å². The first-order valence-corrected chi connectivity index (χ1v) is 5.89. The summed E-state index contributed by atoms with van der Waals surface area (Å²) in [5, 5.41) is 3.36. The standard InChI is InChI=1S/C13H16FNO.ClH/c14-11-1-2-12-10(7-11)8-13(9-16-12)3-5-15-6-4-13;/h1-2,7,15H,3-6,8-9H2;1H. The van der Waals surface area contributed by atoms with Crippen LogP contribution in [0.2, 0.25) is 0 Å². The van der Waals surface area contributed by atoms with E-state index in [1.807, 2.05) is 0 Å². The Labute approximate surface area is 107 Å². The highest BCUT2D eigenvalue weighted by Gasteiger charge is 2.36. The van der Waals surface area contributed by atoms with E-state index in [1.54, 1.807) is 12.1 Å². The van der Waals surface area contributed by atoms with Crippen LogP contribution in [0.15, 0.2) is 18.2 Å². The molecule has 2 heterocycles. The maximum Gasteiger partial charge on any atom is 0.123 e. The van der Waals surface area contributed by atoms with E-state index in [0.717, 1.165) is 50.3 Å². The van der Waals surface area contributed by atoms with Crippen LogP contribution >= 0.6 is 12.4 Å². The molecule has 2 nitrogen and oxygen atoms in total. The first-order valence-electron chi connectivity index (χ1n) is 5.89. The molecule has 17 heavy (non-hydrogen) atoms. The first kappa shape index (κ1) is 12.7. The van der Waals surface area contributed by atoms with Crippen LogP contribution in [-0.2, 0) is 6.42 Å². The maximum atomic E-state index is 13.2. The largest absolute Gasteiger partial charge is 0.493 e. The summed E-state index contributed by atoms with van der Waals surface area (Å²) in [5.74, 6) is 0.707. The second kappa shape index (κ2) is 4.83. The number of hydrogen-bond acceptors (Lipinski definition) is 2. The van der Waals surface area contributed by atoms with Crippen LogP contribution in [-0.4, -0.2) is 19.7 Å². The van der Waals surface area contributed by atoms with Crippen molar-refractivity contribution in [2.75, 3.05) is 19.7 Å². The fraction of sp³-hybridized carbons (Fsp3) is 0.538. The van der Waals surface area contributed by atoms with Crippen molar-refractivity contribution in [2.24, 2.45) is 5.41 Å². The van der Waals surface area contributed by atoms with Gasteiger partial charge in [0.2, 0.25) is 0 Å². The summed E-state index contributed by atoms with van der Waals surface area (Å²) >= 11 is 0. The third-order valence-corrected chi connectivity index (χ3v) is 3.79. The molecular weight excluding hydrogens is 241 g/mol. The molecule has 1 N–H and O–H groups in total. The Morgan fingerprint density at radius 3 is 2.76 bits per heavy atom. The molecule has 2 aliphatic rings. The Balaban J connectivity index is 0.00000108. The first-order chi connectivity index (χ1) is 7.77. The molecule has 3 rings (SSSR count). The molecule has 1 aromatic carbocycles. The molecule has 1 aromatic rings. The summed E-state index contributed by atoms with van der Waals surface area (Å²) in [6.07, 6.45) is 3.22. The average Bonchev–Trinajstić information content (AvgIpc) is 2.29. The normalized spacial score (nSPS) is 21.2. The molecule has 2 aliphatic heterocycles. The Bertz CT molecular complexity index is 404. The van der Waals surface area contributed by atoms with E-state index in [1.165, 1.54) is 6.07 Å². The third kappa shape index (κ3) is 2.40. The Kier molecular flexibility index (Phi) is 3.59. The molecule has 1 saturated heterocycles. The van der Waals surface area contributed by atoms with Crippen LogP contribution in [0.25, 0.3) is 0 Å². The number of benzene rings is 1. The molecule has 1 fully saturated rings. The number of halogens is 2. The summed E-state index contributed by atoms with van der Waals surface area (Å²) < 4.78 is 19.0. The maximum absolute atomic E-state index is 13.2. The predicted molar refractivity (Wildman–Crippen MR) is 67.4 cm³/mol.